The number of morpholine rings is 1. The van der Waals surface area contributed by atoms with Gasteiger partial charge in [-0.05, 0) is 24.3 Å². The molecule has 12 nitrogen and oxygen atoms in total. The topological polar surface area (TPSA) is 143 Å². The van der Waals surface area contributed by atoms with E-state index < -0.39 is 11.5 Å². The second-order valence-corrected chi connectivity index (χ2v) is 9.21. The molecular formula is C26H26N8O4. The van der Waals surface area contributed by atoms with E-state index >= 15 is 0 Å². The summed E-state index contributed by atoms with van der Waals surface area (Å²) in [6.07, 6.45) is 3.66. The van der Waals surface area contributed by atoms with E-state index in [0.717, 1.165) is 24.6 Å². The Morgan fingerprint density at radius 1 is 0.947 bits per heavy atom. The molecule has 0 unspecified atom stereocenters. The van der Waals surface area contributed by atoms with Crippen molar-refractivity contribution in [3.63, 3.8) is 0 Å². The van der Waals surface area contributed by atoms with E-state index in [9.17, 15) is 9.90 Å². The highest BCUT2D eigenvalue weighted by Crippen LogP contribution is 2.34. The quantitative estimate of drug-likeness (QED) is 0.391. The Balaban J connectivity index is 1.22. The van der Waals surface area contributed by atoms with Gasteiger partial charge in [0.1, 0.15) is 11.5 Å². The Morgan fingerprint density at radius 3 is 2.50 bits per heavy atom. The van der Waals surface area contributed by atoms with Crippen molar-refractivity contribution in [2.75, 3.05) is 50.1 Å². The van der Waals surface area contributed by atoms with Crippen LogP contribution in [-0.4, -0.2) is 80.9 Å². The van der Waals surface area contributed by atoms with Crippen molar-refractivity contribution in [1.29, 1.82) is 0 Å². The van der Waals surface area contributed by atoms with Crippen LogP contribution in [0.5, 0.6) is 0 Å². The molecule has 6 rings (SSSR count). The van der Waals surface area contributed by atoms with Crippen LogP contribution in [0.4, 0.5) is 17.5 Å². The van der Waals surface area contributed by atoms with Crippen molar-refractivity contribution >= 4 is 23.4 Å². The second-order valence-electron chi connectivity index (χ2n) is 9.21. The van der Waals surface area contributed by atoms with Crippen LogP contribution in [0, 0.1) is 0 Å². The van der Waals surface area contributed by atoms with Crippen molar-refractivity contribution in [2.24, 2.45) is 0 Å². The van der Waals surface area contributed by atoms with E-state index in [1.54, 1.807) is 37.6 Å². The molecule has 0 aliphatic carbocycles. The number of aromatic nitrogens is 5. The molecule has 0 spiro atoms. The number of aliphatic hydroxyl groups is 1. The molecule has 0 aromatic carbocycles. The van der Waals surface area contributed by atoms with Gasteiger partial charge in [0.05, 0.1) is 30.3 Å². The minimum atomic E-state index is -1.71. The maximum atomic E-state index is 12.4. The summed E-state index contributed by atoms with van der Waals surface area (Å²) in [7, 11) is 1.64. The van der Waals surface area contributed by atoms with E-state index in [0.29, 0.717) is 48.5 Å². The predicted octanol–water partition coefficient (Wildman–Crippen LogP) is 2.22. The first kappa shape index (κ1) is 23.9. The highest BCUT2D eigenvalue weighted by molar-refractivity contribution is 5.87. The van der Waals surface area contributed by atoms with E-state index in [1.807, 2.05) is 24.3 Å². The van der Waals surface area contributed by atoms with Crippen molar-refractivity contribution in [2.45, 2.75) is 12.0 Å². The van der Waals surface area contributed by atoms with Crippen LogP contribution >= 0.6 is 0 Å². The molecule has 2 aliphatic heterocycles. The number of amides is 1. The number of carbonyl (C=O) groups is 1. The lowest BCUT2D eigenvalue weighted by Crippen LogP contribution is -2.36. The van der Waals surface area contributed by atoms with Crippen LogP contribution in [0.1, 0.15) is 12.2 Å². The Bertz CT molecular complexity index is 1470. The van der Waals surface area contributed by atoms with Crippen LogP contribution in [0.25, 0.3) is 22.8 Å². The van der Waals surface area contributed by atoms with Gasteiger partial charge in [0.25, 0.3) is 5.91 Å². The van der Waals surface area contributed by atoms with Crippen LogP contribution < -0.4 is 10.2 Å². The number of nitrogens with zero attached hydrogens (tertiary/aromatic N) is 7. The van der Waals surface area contributed by atoms with Gasteiger partial charge in [-0.2, -0.15) is 0 Å². The number of rotatable bonds is 6. The van der Waals surface area contributed by atoms with Crippen LogP contribution in [0.2, 0.25) is 0 Å². The smallest absolute Gasteiger partial charge is 0.262 e. The third-order valence-corrected chi connectivity index (χ3v) is 6.69. The Morgan fingerprint density at radius 2 is 1.71 bits per heavy atom. The number of likely N-dealkylation sites (tertiary alicyclic amines) is 1. The maximum Gasteiger partial charge on any atom is 0.262 e. The van der Waals surface area contributed by atoms with Crippen molar-refractivity contribution in [1.82, 2.24) is 30.0 Å². The molecule has 2 saturated heterocycles. The SMILES string of the molecule is CN1CC[C@@](O)(c2cc(-c3cccc(-c4ccnc(Nc5ccnc(N6CCOCC6)c5)n4)n3)no2)C1=O. The van der Waals surface area contributed by atoms with Gasteiger partial charge in [-0.1, -0.05) is 11.2 Å². The van der Waals surface area contributed by atoms with E-state index in [4.69, 9.17) is 9.26 Å². The third-order valence-electron chi connectivity index (χ3n) is 6.69. The van der Waals surface area contributed by atoms with Crippen LogP contribution in [-0.2, 0) is 15.1 Å². The van der Waals surface area contributed by atoms with Gasteiger partial charge in [0.2, 0.25) is 11.5 Å². The number of carbonyl (C=O) groups excluding carboxylic acids is 1. The number of pyridine rings is 2. The molecule has 4 aromatic rings. The zero-order valence-corrected chi connectivity index (χ0v) is 20.7. The Kier molecular flexibility index (Phi) is 6.18. The molecule has 38 heavy (non-hydrogen) atoms. The lowest BCUT2D eigenvalue weighted by Gasteiger charge is -2.28. The molecular weight excluding hydrogens is 488 g/mol. The first-order chi connectivity index (χ1) is 18.5. The van der Waals surface area contributed by atoms with Gasteiger partial charge in [-0.3, -0.25) is 4.79 Å². The molecule has 4 aromatic heterocycles. The minimum Gasteiger partial charge on any atom is -0.378 e. The van der Waals surface area contributed by atoms with E-state index in [1.165, 1.54) is 4.90 Å². The largest absolute Gasteiger partial charge is 0.378 e. The Hall–Kier alpha value is -4.42. The molecule has 12 heteroatoms. The summed E-state index contributed by atoms with van der Waals surface area (Å²) in [5.41, 5.74) is 1.27. The fourth-order valence-electron chi connectivity index (χ4n) is 4.55. The zero-order chi connectivity index (χ0) is 26.1. The third kappa shape index (κ3) is 4.55. The molecule has 1 atom stereocenters. The number of likely N-dealkylation sites (N-methyl/N-ethyl adjacent to an activating group) is 1. The lowest BCUT2D eigenvalue weighted by atomic mass is 9.98. The van der Waals surface area contributed by atoms with Crippen molar-refractivity contribution in [3.8, 4) is 22.8 Å². The molecule has 2 N–H and O–H groups in total. The summed E-state index contributed by atoms with van der Waals surface area (Å²) in [6, 6.07) is 12.6. The summed E-state index contributed by atoms with van der Waals surface area (Å²) in [5.74, 6) is 0.987. The predicted molar refractivity (Wildman–Crippen MR) is 137 cm³/mol. The molecule has 0 bridgehead atoms. The van der Waals surface area contributed by atoms with Crippen LogP contribution in [0.3, 0.4) is 0 Å². The molecule has 194 valence electrons. The van der Waals surface area contributed by atoms with Crippen molar-refractivity contribution in [3.05, 3.63) is 60.6 Å². The number of hydrogen-bond donors (Lipinski definition) is 2. The van der Waals surface area contributed by atoms with Gasteiger partial charge in [0.15, 0.2) is 5.76 Å². The number of anilines is 3. The van der Waals surface area contributed by atoms with Gasteiger partial charge in [-0.25, -0.2) is 19.9 Å². The maximum absolute atomic E-state index is 12.4. The minimum absolute atomic E-state index is 0.108. The van der Waals surface area contributed by atoms with E-state index in [-0.39, 0.29) is 12.2 Å². The first-order valence-electron chi connectivity index (χ1n) is 12.3. The molecule has 0 saturated carbocycles. The Labute approximate surface area is 218 Å². The number of hydrogen-bond acceptors (Lipinski definition) is 11. The summed E-state index contributed by atoms with van der Waals surface area (Å²) in [6.45, 7) is 3.40. The van der Waals surface area contributed by atoms with Gasteiger partial charge in [-0.15, -0.1) is 0 Å². The molecule has 6 heterocycles. The molecule has 1 amide bonds. The normalized spacial score (nSPS) is 19.7. The van der Waals surface area contributed by atoms with Crippen molar-refractivity contribution < 1.29 is 19.2 Å². The fraction of sp³-hybridized carbons (Fsp3) is 0.308. The molecule has 2 aliphatic rings. The van der Waals surface area contributed by atoms with Gasteiger partial charge >= 0.3 is 0 Å². The van der Waals surface area contributed by atoms with Gasteiger partial charge in [0, 0.05) is 63.3 Å². The van der Waals surface area contributed by atoms with Gasteiger partial charge < -0.3 is 29.5 Å². The monoisotopic (exact) mass is 514 g/mol. The highest BCUT2D eigenvalue weighted by atomic mass is 16.5. The highest BCUT2D eigenvalue weighted by Gasteiger charge is 2.48. The van der Waals surface area contributed by atoms with E-state index in [2.05, 4.69) is 35.3 Å². The summed E-state index contributed by atoms with van der Waals surface area (Å²) in [5, 5.41) is 18.2. The number of ether oxygens (including phenoxy) is 1. The standard InChI is InChI=1S/C26H26N8O4/c1-33-10-7-26(36,24(33)35)22-16-21(32-38-22)19-4-2-3-18(30-19)20-6-9-28-25(31-20)29-17-5-8-27-23(15-17)34-11-13-37-14-12-34/h2-6,8-9,15-16,36H,7,10-14H2,1H3,(H,27,28,29,31)/t26-/m1/s1. The van der Waals surface area contributed by atoms with Crippen LogP contribution in [0.15, 0.2) is 59.4 Å². The molecule has 2 fully saturated rings. The first-order valence-corrected chi connectivity index (χ1v) is 12.3. The average molecular weight is 515 g/mol. The second kappa shape index (κ2) is 9.80. The summed E-state index contributed by atoms with van der Waals surface area (Å²) < 4.78 is 10.8. The number of nitrogens with one attached hydrogen (secondary N) is 1. The summed E-state index contributed by atoms with van der Waals surface area (Å²) in [4.78, 5) is 34.2. The molecule has 0 radical (unpaired) electrons. The lowest BCUT2D eigenvalue weighted by molar-refractivity contribution is -0.144. The zero-order valence-electron chi connectivity index (χ0n) is 20.7. The fourth-order valence-corrected chi connectivity index (χ4v) is 4.55. The average Bonchev–Trinajstić information content (AvgIpc) is 3.56. The summed E-state index contributed by atoms with van der Waals surface area (Å²) >= 11 is 0.